The summed E-state index contributed by atoms with van der Waals surface area (Å²) < 4.78 is 10.7. The van der Waals surface area contributed by atoms with Crippen LogP contribution in [0.1, 0.15) is 23.6 Å². The highest BCUT2D eigenvalue weighted by atomic mass is 16.5. The smallest absolute Gasteiger partial charge is 0.161 e. The summed E-state index contributed by atoms with van der Waals surface area (Å²) in [5.41, 5.74) is 3.17. The second-order valence-electron chi connectivity index (χ2n) is 5.37. The van der Waals surface area contributed by atoms with Crippen molar-refractivity contribution in [3.63, 3.8) is 0 Å². The first-order valence-corrected chi connectivity index (χ1v) is 6.84. The van der Waals surface area contributed by atoms with Crippen LogP contribution in [-0.2, 0) is 11.2 Å². The Bertz CT molecular complexity index is 579. The molecule has 106 valence electrons. The van der Waals surface area contributed by atoms with Crippen molar-refractivity contribution < 1.29 is 14.3 Å². The maximum atomic E-state index is 12.0. The summed E-state index contributed by atoms with van der Waals surface area (Å²) in [6.45, 7) is 5.50. The van der Waals surface area contributed by atoms with E-state index in [0.717, 1.165) is 30.0 Å². The normalized spacial score (nSPS) is 22.2. The minimum atomic E-state index is 0.150. The third-order valence-corrected chi connectivity index (χ3v) is 4.28. The number of ketones is 1. The van der Waals surface area contributed by atoms with Gasteiger partial charge in [0.2, 0.25) is 0 Å². The van der Waals surface area contributed by atoms with Crippen LogP contribution in [0, 0.1) is 0 Å². The number of rotatable bonds is 2. The SMILES string of the molecule is C=C1CN2CCc3cc(OC)c(OC)cc3C2CC1=O. The minimum Gasteiger partial charge on any atom is -0.493 e. The summed E-state index contributed by atoms with van der Waals surface area (Å²) in [6.07, 6.45) is 1.48. The molecule has 0 aromatic heterocycles. The number of benzene rings is 1. The topological polar surface area (TPSA) is 38.8 Å². The van der Waals surface area contributed by atoms with Crippen LogP contribution in [0.25, 0.3) is 0 Å². The Morgan fingerprint density at radius 3 is 2.65 bits per heavy atom. The van der Waals surface area contributed by atoms with Gasteiger partial charge in [0.05, 0.1) is 14.2 Å². The quantitative estimate of drug-likeness (QED) is 0.774. The van der Waals surface area contributed by atoms with Gasteiger partial charge in [-0.15, -0.1) is 0 Å². The van der Waals surface area contributed by atoms with Gasteiger partial charge in [0.1, 0.15) is 0 Å². The van der Waals surface area contributed by atoms with E-state index in [9.17, 15) is 4.79 Å². The summed E-state index contributed by atoms with van der Waals surface area (Å²) in [5, 5.41) is 0. The molecule has 3 rings (SSSR count). The van der Waals surface area contributed by atoms with E-state index in [2.05, 4.69) is 11.5 Å². The number of methoxy groups -OCH3 is 2. The van der Waals surface area contributed by atoms with Crippen molar-refractivity contribution in [2.75, 3.05) is 27.3 Å². The molecule has 2 heterocycles. The number of hydrogen-bond acceptors (Lipinski definition) is 4. The van der Waals surface area contributed by atoms with Gasteiger partial charge in [0.25, 0.3) is 0 Å². The van der Waals surface area contributed by atoms with Gasteiger partial charge in [-0.1, -0.05) is 6.58 Å². The predicted octanol–water partition coefficient (Wildman–Crippen LogP) is 2.13. The Morgan fingerprint density at radius 2 is 1.95 bits per heavy atom. The molecule has 4 heteroatoms. The van der Waals surface area contributed by atoms with E-state index in [1.807, 2.05) is 12.1 Å². The zero-order valence-electron chi connectivity index (χ0n) is 11.9. The molecule has 1 aromatic rings. The first-order valence-electron chi connectivity index (χ1n) is 6.84. The van der Waals surface area contributed by atoms with Crippen LogP contribution in [0.5, 0.6) is 11.5 Å². The fraction of sp³-hybridized carbons (Fsp3) is 0.438. The lowest BCUT2D eigenvalue weighted by molar-refractivity contribution is -0.118. The maximum Gasteiger partial charge on any atom is 0.161 e. The first kappa shape index (κ1) is 13.2. The molecule has 1 aromatic carbocycles. The molecule has 0 saturated carbocycles. The molecule has 1 saturated heterocycles. The number of piperidine rings is 1. The monoisotopic (exact) mass is 273 g/mol. The highest BCUT2D eigenvalue weighted by molar-refractivity contribution is 5.96. The molecule has 0 spiro atoms. The second-order valence-corrected chi connectivity index (χ2v) is 5.37. The third kappa shape index (κ3) is 2.00. The average molecular weight is 273 g/mol. The van der Waals surface area contributed by atoms with Gasteiger partial charge in [0, 0.05) is 31.1 Å². The van der Waals surface area contributed by atoms with E-state index in [-0.39, 0.29) is 11.8 Å². The molecule has 0 radical (unpaired) electrons. The van der Waals surface area contributed by atoms with E-state index in [1.54, 1.807) is 14.2 Å². The van der Waals surface area contributed by atoms with Gasteiger partial charge in [-0.25, -0.2) is 0 Å². The average Bonchev–Trinajstić information content (AvgIpc) is 2.47. The van der Waals surface area contributed by atoms with Crippen molar-refractivity contribution >= 4 is 5.78 Å². The summed E-state index contributed by atoms with van der Waals surface area (Å²) >= 11 is 0. The van der Waals surface area contributed by atoms with Crippen molar-refractivity contribution in [2.45, 2.75) is 18.9 Å². The lowest BCUT2D eigenvalue weighted by Crippen LogP contribution is -2.42. The Morgan fingerprint density at radius 1 is 1.25 bits per heavy atom. The number of ether oxygens (including phenoxy) is 2. The highest BCUT2D eigenvalue weighted by Crippen LogP contribution is 2.41. The molecule has 0 aliphatic carbocycles. The van der Waals surface area contributed by atoms with E-state index in [1.165, 1.54) is 11.1 Å². The van der Waals surface area contributed by atoms with E-state index < -0.39 is 0 Å². The van der Waals surface area contributed by atoms with Crippen LogP contribution in [0.2, 0.25) is 0 Å². The molecule has 2 aliphatic heterocycles. The number of nitrogens with zero attached hydrogens (tertiary/aromatic N) is 1. The van der Waals surface area contributed by atoms with Crippen LogP contribution in [0.4, 0.5) is 0 Å². The largest absolute Gasteiger partial charge is 0.493 e. The summed E-state index contributed by atoms with van der Waals surface area (Å²) in [4.78, 5) is 14.3. The molecule has 1 atom stereocenters. The van der Waals surface area contributed by atoms with Gasteiger partial charge < -0.3 is 9.47 Å². The molecule has 0 bridgehead atoms. The van der Waals surface area contributed by atoms with Gasteiger partial charge in [-0.05, 0) is 29.7 Å². The van der Waals surface area contributed by atoms with Crippen LogP contribution >= 0.6 is 0 Å². The molecule has 1 unspecified atom stereocenters. The Balaban J connectivity index is 2.03. The molecular formula is C16H19NO3. The number of carbonyl (C=O) groups excluding carboxylic acids is 1. The first-order chi connectivity index (χ1) is 9.63. The fourth-order valence-electron chi connectivity index (χ4n) is 3.16. The van der Waals surface area contributed by atoms with Crippen molar-refractivity contribution in [3.05, 3.63) is 35.4 Å². The number of Topliss-reactive ketones (excluding diaryl/α,β-unsaturated/α-hetero) is 1. The lowest BCUT2D eigenvalue weighted by Gasteiger charge is -2.40. The molecule has 2 aliphatic rings. The van der Waals surface area contributed by atoms with E-state index in [0.29, 0.717) is 13.0 Å². The number of hydrogen-bond donors (Lipinski definition) is 0. The van der Waals surface area contributed by atoms with Crippen LogP contribution in [-0.4, -0.2) is 38.0 Å². The fourth-order valence-corrected chi connectivity index (χ4v) is 3.16. The Kier molecular flexibility index (Phi) is 3.26. The zero-order chi connectivity index (χ0) is 14.3. The Labute approximate surface area is 119 Å². The standard InChI is InChI=1S/C16H19NO3/c1-10-9-17-5-4-11-6-15(19-2)16(20-3)7-12(11)13(17)8-14(10)18/h6-7,13H,1,4-5,8-9H2,2-3H3. The Hall–Kier alpha value is -1.81. The molecule has 0 amide bonds. The van der Waals surface area contributed by atoms with Crippen molar-refractivity contribution in [2.24, 2.45) is 0 Å². The maximum absolute atomic E-state index is 12.0. The summed E-state index contributed by atoms with van der Waals surface area (Å²) in [6, 6.07) is 4.21. The molecule has 20 heavy (non-hydrogen) atoms. The van der Waals surface area contributed by atoms with E-state index >= 15 is 0 Å². The van der Waals surface area contributed by atoms with Crippen molar-refractivity contribution in [1.82, 2.24) is 4.90 Å². The van der Waals surface area contributed by atoms with Crippen LogP contribution in [0.3, 0.4) is 0 Å². The van der Waals surface area contributed by atoms with Crippen molar-refractivity contribution in [3.8, 4) is 11.5 Å². The second kappa shape index (κ2) is 4.94. The predicted molar refractivity (Wildman–Crippen MR) is 76.3 cm³/mol. The van der Waals surface area contributed by atoms with Gasteiger partial charge in [0.15, 0.2) is 17.3 Å². The molecular weight excluding hydrogens is 254 g/mol. The molecule has 4 nitrogen and oxygen atoms in total. The zero-order valence-corrected chi connectivity index (χ0v) is 11.9. The van der Waals surface area contributed by atoms with Gasteiger partial charge in [-0.3, -0.25) is 9.69 Å². The van der Waals surface area contributed by atoms with E-state index in [4.69, 9.17) is 9.47 Å². The third-order valence-electron chi connectivity index (χ3n) is 4.28. The van der Waals surface area contributed by atoms with Crippen LogP contribution < -0.4 is 9.47 Å². The summed E-state index contributed by atoms with van der Waals surface area (Å²) in [7, 11) is 3.28. The minimum absolute atomic E-state index is 0.150. The summed E-state index contributed by atoms with van der Waals surface area (Å²) in [5.74, 6) is 1.66. The van der Waals surface area contributed by atoms with Gasteiger partial charge in [-0.2, -0.15) is 0 Å². The molecule has 1 fully saturated rings. The van der Waals surface area contributed by atoms with Gasteiger partial charge >= 0.3 is 0 Å². The number of carbonyl (C=O) groups is 1. The number of fused-ring (bicyclic) bond motifs is 3. The highest BCUT2D eigenvalue weighted by Gasteiger charge is 2.35. The lowest BCUT2D eigenvalue weighted by atomic mass is 9.85. The molecule has 0 N–H and O–H groups in total. The van der Waals surface area contributed by atoms with Crippen molar-refractivity contribution in [1.29, 1.82) is 0 Å². The van der Waals surface area contributed by atoms with Crippen LogP contribution in [0.15, 0.2) is 24.3 Å².